The average Bonchev–Trinajstić information content (AvgIpc) is 2.66. The van der Waals surface area contributed by atoms with Gasteiger partial charge in [0.15, 0.2) is 0 Å². The Bertz CT molecular complexity index is 518. The normalized spacial score (nSPS) is 23.3. The van der Waals surface area contributed by atoms with Crippen molar-refractivity contribution in [1.82, 2.24) is 4.90 Å². The predicted molar refractivity (Wildman–Crippen MR) is 96.2 cm³/mol. The summed E-state index contributed by atoms with van der Waals surface area (Å²) < 4.78 is 5.66. The molecule has 1 aromatic carbocycles. The van der Waals surface area contributed by atoms with E-state index in [4.69, 9.17) is 4.74 Å². The molecule has 0 aliphatic carbocycles. The molecule has 1 saturated heterocycles. The Hall–Kier alpha value is -1.59. The third-order valence-electron chi connectivity index (χ3n) is 4.40. The zero-order valence-electron chi connectivity index (χ0n) is 15.0. The molecule has 134 valence electrons. The van der Waals surface area contributed by atoms with Gasteiger partial charge in [-0.2, -0.15) is 0 Å². The van der Waals surface area contributed by atoms with Gasteiger partial charge < -0.3 is 20.1 Å². The minimum Gasteiger partial charge on any atom is -0.491 e. The number of anilines is 1. The summed E-state index contributed by atoms with van der Waals surface area (Å²) in [5.74, 6) is 2.04. The van der Waals surface area contributed by atoms with Crippen LogP contribution in [0, 0.1) is 11.8 Å². The van der Waals surface area contributed by atoms with Crippen LogP contribution in [-0.4, -0.2) is 48.3 Å². The van der Waals surface area contributed by atoms with Gasteiger partial charge in [0.05, 0.1) is 0 Å². The van der Waals surface area contributed by atoms with Crippen LogP contribution in [0.15, 0.2) is 24.3 Å². The molecule has 0 bridgehead atoms. The number of rotatable bonds is 6. The summed E-state index contributed by atoms with van der Waals surface area (Å²) in [7, 11) is 0. The lowest BCUT2D eigenvalue weighted by Crippen LogP contribution is -2.37. The first-order valence-electron chi connectivity index (χ1n) is 8.83. The van der Waals surface area contributed by atoms with Gasteiger partial charge in [0, 0.05) is 25.7 Å². The second-order valence-corrected chi connectivity index (χ2v) is 7.16. The van der Waals surface area contributed by atoms with Crippen LogP contribution in [0.2, 0.25) is 0 Å². The number of likely N-dealkylation sites (tertiary alicyclic amines) is 1. The maximum atomic E-state index is 11.0. The van der Waals surface area contributed by atoms with E-state index in [2.05, 4.69) is 24.1 Å². The number of amides is 1. The number of hydrogen-bond donors (Lipinski definition) is 2. The maximum absolute atomic E-state index is 11.0. The summed E-state index contributed by atoms with van der Waals surface area (Å²) in [6, 6.07) is 7.18. The number of carbonyl (C=O) groups is 1. The zero-order chi connectivity index (χ0) is 17.5. The Balaban J connectivity index is 1.76. The van der Waals surface area contributed by atoms with E-state index < -0.39 is 6.10 Å². The van der Waals surface area contributed by atoms with Crippen LogP contribution in [0.4, 0.5) is 5.69 Å². The lowest BCUT2D eigenvalue weighted by atomic mass is 9.97. The molecule has 0 radical (unpaired) electrons. The summed E-state index contributed by atoms with van der Waals surface area (Å²) in [6.45, 7) is 9.10. The van der Waals surface area contributed by atoms with Gasteiger partial charge in [-0.25, -0.2) is 0 Å². The van der Waals surface area contributed by atoms with Crippen molar-refractivity contribution in [3.8, 4) is 5.75 Å². The smallest absolute Gasteiger partial charge is 0.221 e. The number of carbonyl (C=O) groups excluding carboxylic acids is 1. The predicted octanol–water partition coefficient (Wildman–Crippen LogP) is 2.75. The van der Waals surface area contributed by atoms with Crippen LogP contribution in [0.3, 0.4) is 0 Å². The van der Waals surface area contributed by atoms with Gasteiger partial charge in [-0.05, 0) is 55.5 Å². The Morgan fingerprint density at radius 1 is 1.33 bits per heavy atom. The van der Waals surface area contributed by atoms with Crippen molar-refractivity contribution in [2.75, 3.05) is 31.6 Å². The van der Waals surface area contributed by atoms with Crippen LogP contribution >= 0.6 is 0 Å². The molecule has 1 heterocycles. The molecule has 3 unspecified atom stereocenters. The molecule has 3 atom stereocenters. The van der Waals surface area contributed by atoms with Crippen LogP contribution in [-0.2, 0) is 4.79 Å². The Labute approximate surface area is 145 Å². The highest BCUT2D eigenvalue weighted by molar-refractivity contribution is 5.88. The van der Waals surface area contributed by atoms with E-state index in [0.717, 1.165) is 24.7 Å². The first kappa shape index (κ1) is 18.7. The number of nitrogens with zero attached hydrogens (tertiary/aromatic N) is 1. The number of β-amino-alcohol motifs (C(OH)–C–C–N with tert-alkyl or cyclic N) is 1. The average molecular weight is 334 g/mol. The molecule has 1 aliphatic heterocycles. The van der Waals surface area contributed by atoms with Gasteiger partial charge >= 0.3 is 0 Å². The van der Waals surface area contributed by atoms with Crippen LogP contribution in [0.1, 0.15) is 33.6 Å². The number of hydrogen-bond acceptors (Lipinski definition) is 4. The molecule has 24 heavy (non-hydrogen) atoms. The number of aliphatic hydroxyl groups excluding tert-OH is 1. The van der Waals surface area contributed by atoms with Crippen molar-refractivity contribution in [3.63, 3.8) is 0 Å². The summed E-state index contributed by atoms with van der Waals surface area (Å²) in [5, 5.41) is 13.0. The van der Waals surface area contributed by atoms with Gasteiger partial charge in [-0.1, -0.05) is 13.8 Å². The number of benzene rings is 1. The monoisotopic (exact) mass is 334 g/mol. The molecular formula is C19H30N2O3. The molecular weight excluding hydrogens is 304 g/mol. The molecule has 0 spiro atoms. The maximum Gasteiger partial charge on any atom is 0.221 e. The lowest BCUT2D eigenvalue weighted by Gasteiger charge is -2.25. The molecule has 0 aromatic heterocycles. The minimum absolute atomic E-state index is 0.0971. The van der Waals surface area contributed by atoms with E-state index in [1.165, 1.54) is 19.8 Å². The molecule has 1 aromatic rings. The van der Waals surface area contributed by atoms with E-state index in [1.54, 1.807) is 24.3 Å². The van der Waals surface area contributed by atoms with Crippen molar-refractivity contribution in [1.29, 1.82) is 0 Å². The van der Waals surface area contributed by atoms with E-state index in [9.17, 15) is 9.90 Å². The summed E-state index contributed by atoms with van der Waals surface area (Å²) in [5.41, 5.74) is 0.739. The standard InChI is InChI=1S/C19H30N2O3/c1-14-8-9-21(11-15(2)10-14)12-18(23)13-24-19-6-4-17(5-7-19)20-16(3)22/h4-7,14-15,18,23H,8-13H2,1-3H3,(H,20,22). The van der Waals surface area contributed by atoms with Crippen LogP contribution in [0.5, 0.6) is 5.75 Å². The molecule has 1 aliphatic rings. The SMILES string of the molecule is CC(=O)Nc1ccc(OCC(O)CN2CCC(C)CC(C)C2)cc1. The highest BCUT2D eigenvalue weighted by Gasteiger charge is 2.21. The molecule has 5 nitrogen and oxygen atoms in total. The topological polar surface area (TPSA) is 61.8 Å². The molecule has 2 N–H and O–H groups in total. The molecule has 2 rings (SSSR count). The van der Waals surface area contributed by atoms with Crippen molar-refractivity contribution in [3.05, 3.63) is 24.3 Å². The second kappa shape index (κ2) is 9.04. The van der Waals surface area contributed by atoms with E-state index in [0.29, 0.717) is 18.2 Å². The van der Waals surface area contributed by atoms with E-state index >= 15 is 0 Å². The molecule has 0 saturated carbocycles. The van der Waals surface area contributed by atoms with Gasteiger partial charge in [0.2, 0.25) is 5.91 Å². The third-order valence-corrected chi connectivity index (χ3v) is 4.40. The fourth-order valence-electron chi connectivity index (χ4n) is 3.36. The van der Waals surface area contributed by atoms with Crippen molar-refractivity contribution in [2.24, 2.45) is 11.8 Å². The molecule has 1 amide bonds. The second-order valence-electron chi connectivity index (χ2n) is 7.16. The Morgan fingerprint density at radius 3 is 2.71 bits per heavy atom. The van der Waals surface area contributed by atoms with E-state index in [1.807, 2.05) is 0 Å². The van der Waals surface area contributed by atoms with Crippen LogP contribution in [0.25, 0.3) is 0 Å². The van der Waals surface area contributed by atoms with Crippen molar-refractivity contribution >= 4 is 11.6 Å². The number of nitrogens with one attached hydrogen (secondary N) is 1. The fourth-order valence-corrected chi connectivity index (χ4v) is 3.36. The minimum atomic E-state index is -0.499. The summed E-state index contributed by atoms with van der Waals surface area (Å²) >= 11 is 0. The summed E-state index contributed by atoms with van der Waals surface area (Å²) in [4.78, 5) is 13.3. The molecule has 1 fully saturated rings. The molecule has 5 heteroatoms. The van der Waals surface area contributed by atoms with Gasteiger partial charge in [-0.15, -0.1) is 0 Å². The van der Waals surface area contributed by atoms with Gasteiger partial charge in [-0.3, -0.25) is 4.79 Å². The number of ether oxygens (including phenoxy) is 1. The van der Waals surface area contributed by atoms with Crippen molar-refractivity contribution in [2.45, 2.75) is 39.7 Å². The summed E-state index contributed by atoms with van der Waals surface area (Å²) in [6.07, 6.45) is 1.97. The Kier molecular flexibility index (Phi) is 7.06. The largest absolute Gasteiger partial charge is 0.491 e. The van der Waals surface area contributed by atoms with Crippen molar-refractivity contribution < 1.29 is 14.6 Å². The Morgan fingerprint density at radius 2 is 2.04 bits per heavy atom. The van der Waals surface area contributed by atoms with Gasteiger partial charge in [0.25, 0.3) is 0 Å². The zero-order valence-corrected chi connectivity index (χ0v) is 15.0. The van der Waals surface area contributed by atoms with Crippen LogP contribution < -0.4 is 10.1 Å². The first-order valence-corrected chi connectivity index (χ1v) is 8.83. The lowest BCUT2D eigenvalue weighted by molar-refractivity contribution is -0.114. The highest BCUT2D eigenvalue weighted by Crippen LogP contribution is 2.21. The number of aliphatic hydroxyl groups is 1. The third kappa shape index (κ3) is 6.49. The fraction of sp³-hybridized carbons (Fsp3) is 0.632. The first-order chi connectivity index (χ1) is 11.4. The highest BCUT2D eigenvalue weighted by atomic mass is 16.5. The van der Waals surface area contributed by atoms with Gasteiger partial charge in [0.1, 0.15) is 18.5 Å². The quantitative estimate of drug-likeness (QED) is 0.840. The van der Waals surface area contributed by atoms with E-state index in [-0.39, 0.29) is 12.5 Å².